The first-order valence-electron chi connectivity index (χ1n) is 7.47. The van der Waals surface area contributed by atoms with Gasteiger partial charge in [-0.3, -0.25) is 0 Å². The van der Waals surface area contributed by atoms with E-state index in [9.17, 15) is 0 Å². The lowest BCUT2D eigenvalue weighted by Crippen LogP contribution is -2.32. The van der Waals surface area contributed by atoms with E-state index in [4.69, 9.17) is 4.98 Å². The number of benzene rings is 1. The van der Waals surface area contributed by atoms with Crippen molar-refractivity contribution in [3.05, 3.63) is 30.1 Å². The molecule has 3 heteroatoms. The van der Waals surface area contributed by atoms with Gasteiger partial charge < -0.3 is 9.88 Å². The van der Waals surface area contributed by atoms with Gasteiger partial charge in [0.2, 0.25) is 0 Å². The standard InChI is InChI=1S/C16H25N3/c1-4-9-16-18-14-10-7-8-11-15(14)19(16)12-13(5-2)17-6-3/h7-8,10-11,13,17H,4-6,9,12H2,1-3H3. The first-order chi connectivity index (χ1) is 9.30. The molecule has 0 fully saturated rings. The van der Waals surface area contributed by atoms with Crippen LogP contribution in [0.5, 0.6) is 0 Å². The van der Waals surface area contributed by atoms with Crippen molar-refractivity contribution in [3.8, 4) is 0 Å². The Hall–Kier alpha value is -1.35. The molecule has 0 bridgehead atoms. The SMILES string of the molecule is CCCc1nc2ccccc2n1CC(CC)NCC. The minimum Gasteiger partial charge on any atom is -0.326 e. The normalized spacial score (nSPS) is 13.0. The van der Waals surface area contributed by atoms with Gasteiger partial charge in [-0.1, -0.05) is 32.9 Å². The molecule has 0 spiro atoms. The second-order valence-electron chi connectivity index (χ2n) is 5.04. The zero-order valence-electron chi connectivity index (χ0n) is 12.3. The summed E-state index contributed by atoms with van der Waals surface area (Å²) in [4.78, 5) is 4.79. The molecule has 1 heterocycles. The summed E-state index contributed by atoms with van der Waals surface area (Å²) in [5.41, 5.74) is 2.39. The molecule has 1 N–H and O–H groups in total. The first kappa shape index (κ1) is 14.1. The molecule has 2 aromatic rings. The molecular weight excluding hydrogens is 234 g/mol. The molecule has 0 saturated heterocycles. The molecular formula is C16H25N3. The van der Waals surface area contributed by atoms with Crippen molar-refractivity contribution < 1.29 is 0 Å². The number of nitrogens with zero attached hydrogens (tertiary/aromatic N) is 2. The van der Waals surface area contributed by atoms with E-state index in [1.54, 1.807) is 0 Å². The van der Waals surface area contributed by atoms with Crippen LogP contribution in [0.2, 0.25) is 0 Å². The van der Waals surface area contributed by atoms with Crippen molar-refractivity contribution >= 4 is 11.0 Å². The van der Waals surface area contributed by atoms with Gasteiger partial charge in [-0.25, -0.2) is 4.98 Å². The molecule has 3 nitrogen and oxygen atoms in total. The maximum atomic E-state index is 4.79. The fraction of sp³-hybridized carbons (Fsp3) is 0.562. The fourth-order valence-electron chi connectivity index (χ4n) is 2.59. The highest BCUT2D eigenvalue weighted by atomic mass is 15.1. The van der Waals surface area contributed by atoms with Crippen molar-refractivity contribution in [1.29, 1.82) is 0 Å². The minimum absolute atomic E-state index is 0.526. The quantitative estimate of drug-likeness (QED) is 0.826. The fourth-order valence-corrected chi connectivity index (χ4v) is 2.59. The number of likely N-dealkylation sites (N-methyl/N-ethyl adjacent to an activating group) is 1. The molecule has 0 saturated carbocycles. The lowest BCUT2D eigenvalue weighted by molar-refractivity contribution is 0.444. The molecule has 1 aromatic carbocycles. The monoisotopic (exact) mass is 259 g/mol. The maximum absolute atomic E-state index is 4.79. The molecule has 0 aliphatic carbocycles. The third-order valence-corrected chi connectivity index (χ3v) is 3.60. The number of fused-ring (bicyclic) bond motifs is 1. The van der Waals surface area contributed by atoms with Gasteiger partial charge in [-0.2, -0.15) is 0 Å². The summed E-state index contributed by atoms with van der Waals surface area (Å²) in [6, 6.07) is 8.99. The summed E-state index contributed by atoms with van der Waals surface area (Å²) in [5, 5.41) is 3.56. The Bertz CT molecular complexity index is 516. The lowest BCUT2D eigenvalue weighted by Gasteiger charge is -2.18. The number of hydrogen-bond acceptors (Lipinski definition) is 2. The van der Waals surface area contributed by atoms with E-state index >= 15 is 0 Å². The summed E-state index contributed by atoms with van der Waals surface area (Å²) in [7, 11) is 0. The van der Waals surface area contributed by atoms with E-state index in [0.717, 1.165) is 37.9 Å². The Labute approximate surface area is 116 Å². The van der Waals surface area contributed by atoms with Crippen molar-refractivity contribution in [2.24, 2.45) is 0 Å². The van der Waals surface area contributed by atoms with E-state index in [1.807, 2.05) is 0 Å². The molecule has 2 rings (SSSR count). The van der Waals surface area contributed by atoms with Gasteiger partial charge in [-0.05, 0) is 31.5 Å². The highest BCUT2D eigenvalue weighted by molar-refractivity contribution is 5.75. The molecule has 104 valence electrons. The molecule has 1 atom stereocenters. The molecule has 0 aliphatic rings. The van der Waals surface area contributed by atoms with Crippen LogP contribution in [-0.4, -0.2) is 22.1 Å². The molecule has 19 heavy (non-hydrogen) atoms. The smallest absolute Gasteiger partial charge is 0.109 e. The Morgan fingerprint density at radius 1 is 1.21 bits per heavy atom. The third-order valence-electron chi connectivity index (χ3n) is 3.60. The largest absolute Gasteiger partial charge is 0.326 e. The topological polar surface area (TPSA) is 29.9 Å². The molecule has 1 unspecified atom stereocenters. The van der Waals surface area contributed by atoms with E-state index in [0.29, 0.717) is 6.04 Å². The van der Waals surface area contributed by atoms with Crippen LogP contribution in [0, 0.1) is 0 Å². The Morgan fingerprint density at radius 2 is 2.00 bits per heavy atom. The average Bonchev–Trinajstić information content (AvgIpc) is 2.77. The van der Waals surface area contributed by atoms with Crippen molar-refractivity contribution in [3.63, 3.8) is 0 Å². The average molecular weight is 259 g/mol. The van der Waals surface area contributed by atoms with E-state index < -0.39 is 0 Å². The summed E-state index contributed by atoms with van der Waals surface area (Å²) < 4.78 is 2.40. The molecule has 0 aliphatic heterocycles. The Morgan fingerprint density at radius 3 is 2.68 bits per heavy atom. The minimum atomic E-state index is 0.526. The van der Waals surface area contributed by atoms with Crippen LogP contribution in [-0.2, 0) is 13.0 Å². The van der Waals surface area contributed by atoms with Crippen LogP contribution < -0.4 is 5.32 Å². The third kappa shape index (κ3) is 3.16. The Kier molecular flexibility index (Phi) is 4.97. The van der Waals surface area contributed by atoms with Crippen LogP contribution >= 0.6 is 0 Å². The number of aromatic nitrogens is 2. The van der Waals surface area contributed by atoms with Gasteiger partial charge in [0.1, 0.15) is 5.82 Å². The second kappa shape index (κ2) is 6.71. The van der Waals surface area contributed by atoms with Crippen molar-refractivity contribution in [1.82, 2.24) is 14.9 Å². The summed E-state index contributed by atoms with van der Waals surface area (Å²) >= 11 is 0. The van der Waals surface area contributed by atoms with Gasteiger partial charge in [0.05, 0.1) is 11.0 Å². The van der Waals surface area contributed by atoms with Crippen LogP contribution in [0.25, 0.3) is 11.0 Å². The van der Waals surface area contributed by atoms with Gasteiger partial charge in [-0.15, -0.1) is 0 Å². The summed E-state index contributed by atoms with van der Waals surface area (Å²) in [5.74, 6) is 1.22. The zero-order chi connectivity index (χ0) is 13.7. The van der Waals surface area contributed by atoms with Crippen molar-refractivity contribution in [2.75, 3.05) is 6.54 Å². The lowest BCUT2D eigenvalue weighted by atomic mass is 10.2. The van der Waals surface area contributed by atoms with E-state index in [2.05, 4.69) is 54.9 Å². The zero-order valence-corrected chi connectivity index (χ0v) is 12.3. The van der Waals surface area contributed by atoms with E-state index in [1.165, 1.54) is 11.3 Å². The van der Waals surface area contributed by atoms with E-state index in [-0.39, 0.29) is 0 Å². The summed E-state index contributed by atoms with van der Waals surface area (Å²) in [6.45, 7) is 8.66. The predicted octanol–water partition coefficient (Wildman–Crippen LogP) is 3.38. The predicted molar refractivity (Wildman–Crippen MR) is 81.5 cm³/mol. The molecule has 1 aromatic heterocycles. The van der Waals surface area contributed by atoms with Crippen LogP contribution in [0.4, 0.5) is 0 Å². The van der Waals surface area contributed by atoms with Crippen molar-refractivity contribution in [2.45, 2.75) is 52.6 Å². The number of rotatable bonds is 7. The number of nitrogens with one attached hydrogen (secondary N) is 1. The van der Waals surface area contributed by atoms with Gasteiger partial charge in [0.25, 0.3) is 0 Å². The molecule has 0 radical (unpaired) electrons. The maximum Gasteiger partial charge on any atom is 0.109 e. The van der Waals surface area contributed by atoms with Gasteiger partial charge in [0, 0.05) is 19.0 Å². The summed E-state index contributed by atoms with van der Waals surface area (Å²) in [6.07, 6.45) is 3.34. The highest BCUT2D eigenvalue weighted by Crippen LogP contribution is 2.18. The number of imidazole rings is 1. The van der Waals surface area contributed by atoms with Gasteiger partial charge in [0.15, 0.2) is 0 Å². The first-order valence-corrected chi connectivity index (χ1v) is 7.47. The second-order valence-corrected chi connectivity index (χ2v) is 5.04. The number of para-hydroxylation sites is 2. The van der Waals surface area contributed by atoms with Crippen LogP contribution in [0.15, 0.2) is 24.3 Å². The molecule has 0 amide bonds. The number of aryl methyl sites for hydroxylation is 1. The highest BCUT2D eigenvalue weighted by Gasteiger charge is 2.13. The van der Waals surface area contributed by atoms with Crippen LogP contribution in [0.3, 0.4) is 0 Å². The number of hydrogen-bond donors (Lipinski definition) is 1. The van der Waals surface area contributed by atoms with Crippen LogP contribution in [0.1, 0.15) is 39.4 Å². The Balaban J connectivity index is 2.35. The van der Waals surface area contributed by atoms with Gasteiger partial charge >= 0.3 is 0 Å².